The van der Waals surface area contributed by atoms with Gasteiger partial charge in [-0.2, -0.15) is 0 Å². The van der Waals surface area contributed by atoms with E-state index < -0.39 is 3.79 Å². The van der Waals surface area contributed by atoms with Crippen molar-refractivity contribution in [2.75, 3.05) is 6.54 Å². The van der Waals surface area contributed by atoms with Gasteiger partial charge in [-0.3, -0.25) is 0 Å². The van der Waals surface area contributed by atoms with Crippen LogP contribution in [-0.4, -0.2) is 10.3 Å². The van der Waals surface area contributed by atoms with Crippen molar-refractivity contribution in [1.82, 2.24) is 0 Å². The molecule has 1 unspecified atom stereocenters. The Balaban J connectivity index is 2.02. The number of rotatable bonds is 5. The van der Waals surface area contributed by atoms with Gasteiger partial charge in [0.05, 0.1) is 0 Å². The van der Waals surface area contributed by atoms with Crippen molar-refractivity contribution in [1.29, 1.82) is 0 Å². The summed E-state index contributed by atoms with van der Waals surface area (Å²) < 4.78 is 4.30. The van der Waals surface area contributed by atoms with Crippen molar-refractivity contribution in [3.8, 4) is 5.75 Å². The summed E-state index contributed by atoms with van der Waals surface area (Å²) in [6.45, 7) is 0.783. The summed E-state index contributed by atoms with van der Waals surface area (Å²) in [6.07, 6.45) is 0. The molecule has 0 radical (unpaired) electrons. The van der Waals surface area contributed by atoms with Crippen molar-refractivity contribution in [2.24, 2.45) is 5.73 Å². The van der Waals surface area contributed by atoms with Crippen LogP contribution in [0.5, 0.6) is 5.75 Å². The minimum absolute atomic E-state index is 0.265. The molecule has 1 atom stereocenters. The zero-order valence-electron chi connectivity index (χ0n) is 11.3. The Hall–Kier alpha value is -0.930. The van der Waals surface area contributed by atoms with Crippen LogP contribution >= 0.6 is 34.8 Å². The molecule has 112 valence electrons. The van der Waals surface area contributed by atoms with Crippen LogP contribution < -0.4 is 10.5 Å². The molecule has 0 amide bonds. The maximum Gasteiger partial charge on any atom is 0.198 e. The Morgan fingerprint density at radius 2 is 1.57 bits per heavy atom. The molecule has 0 saturated carbocycles. The number of alkyl halides is 3. The minimum Gasteiger partial charge on any atom is -0.489 e. The average Bonchev–Trinajstić information content (AvgIpc) is 2.47. The average molecular weight is 345 g/mol. The van der Waals surface area contributed by atoms with Crippen LogP contribution in [-0.2, 0) is 6.61 Å². The molecule has 2 N–H and O–H groups in total. The molecule has 2 rings (SSSR count). The first-order valence-electron chi connectivity index (χ1n) is 6.54. The normalized spacial score (nSPS) is 13.0. The lowest BCUT2D eigenvalue weighted by Gasteiger charge is -2.23. The van der Waals surface area contributed by atoms with E-state index in [9.17, 15) is 0 Å². The van der Waals surface area contributed by atoms with E-state index in [0.717, 1.165) is 16.9 Å². The van der Waals surface area contributed by atoms with Crippen LogP contribution in [0, 0.1) is 0 Å². The second-order valence-electron chi connectivity index (χ2n) is 4.67. The number of nitrogens with two attached hydrogens (primary N) is 1. The van der Waals surface area contributed by atoms with E-state index in [1.807, 2.05) is 54.6 Å². The number of hydrogen-bond acceptors (Lipinski definition) is 2. The standard InChI is InChI=1S/C16H16Cl3NO/c17-16(18,19)15(10-20)13-6-8-14(9-7-13)21-11-12-4-2-1-3-5-12/h1-9,15H,10-11,20H2. The van der Waals surface area contributed by atoms with Gasteiger partial charge in [-0.15, -0.1) is 0 Å². The van der Waals surface area contributed by atoms with Gasteiger partial charge in [0.2, 0.25) is 0 Å². The van der Waals surface area contributed by atoms with E-state index in [2.05, 4.69) is 0 Å². The van der Waals surface area contributed by atoms with Gasteiger partial charge >= 0.3 is 0 Å². The number of hydrogen-bond donors (Lipinski definition) is 1. The Kier molecular flexibility index (Phi) is 5.77. The topological polar surface area (TPSA) is 35.2 Å². The molecule has 0 aliphatic carbocycles. The fourth-order valence-corrected chi connectivity index (χ4v) is 2.64. The zero-order valence-corrected chi connectivity index (χ0v) is 13.6. The quantitative estimate of drug-likeness (QED) is 0.799. The molecule has 2 nitrogen and oxygen atoms in total. The lowest BCUT2D eigenvalue weighted by molar-refractivity contribution is 0.306. The number of halogens is 3. The van der Waals surface area contributed by atoms with Crippen molar-refractivity contribution < 1.29 is 4.74 Å². The first kappa shape index (κ1) is 16.4. The fourth-order valence-electron chi connectivity index (χ4n) is 2.00. The summed E-state index contributed by atoms with van der Waals surface area (Å²) >= 11 is 17.8. The van der Waals surface area contributed by atoms with Crippen LogP contribution in [0.25, 0.3) is 0 Å². The monoisotopic (exact) mass is 343 g/mol. The maximum atomic E-state index is 5.93. The Bertz CT molecular complexity index is 552. The molecule has 0 bridgehead atoms. The van der Waals surface area contributed by atoms with E-state index >= 15 is 0 Å². The highest BCUT2D eigenvalue weighted by molar-refractivity contribution is 6.68. The van der Waals surface area contributed by atoms with Gasteiger partial charge in [-0.1, -0.05) is 77.3 Å². The van der Waals surface area contributed by atoms with Crippen molar-refractivity contribution in [2.45, 2.75) is 16.3 Å². The van der Waals surface area contributed by atoms with E-state index in [-0.39, 0.29) is 12.5 Å². The largest absolute Gasteiger partial charge is 0.489 e. The summed E-state index contributed by atoms with van der Waals surface area (Å²) in [4.78, 5) is 0. The first-order valence-corrected chi connectivity index (χ1v) is 7.67. The summed E-state index contributed by atoms with van der Waals surface area (Å²) in [6, 6.07) is 17.4. The van der Waals surface area contributed by atoms with Crippen LogP contribution in [0.3, 0.4) is 0 Å². The lowest BCUT2D eigenvalue weighted by atomic mass is 10.0. The molecular weight excluding hydrogens is 329 g/mol. The van der Waals surface area contributed by atoms with Gasteiger partial charge in [0, 0.05) is 12.5 Å². The lowest BCUT2D eigenvalue weighted by Crippen LogP contribution is -2.25. The third-order valence-electron chi connectivity index (χ3n) is 3.16. The molecule has 0 aromatic heterocycles. The van der Waals surface area contributed by atoms with E-state index in [4.69, 9.17) is 45.3 Å². The maximum absolute atomic E-state index is 5.93. The second kappa shape index (κ2) is 7.37. The molecule has 5 heteroatoms. The third-order valence-corrected chi connectivity index (χ3v) is 3.95. The smallest absolute Gasteiger partial charge is 0.198 e. The highest BCUT2D eigenvalue weighted by atomic mass is 35.6. The Morgan fingerprint density at radius 3 is 2.10 bits per heavy atom. The fraction of sp³-hybridized carbons (Fsp3) is 0.250. The summed E-state index contributed by atoms with van der Waals surface area (Å²) in [7, 11) is 0. The molecule has 0 aliphatic heterocycles. The van der Waals surface area contributed by atoms with Gasteiger partial charge in [0.25, 0.3) is 0 Å². The Morgan fingerprint density at radius 1 is 0.952 bits per heavy atom. The minimum atomic E-state index is -1.42. The molecule has 2 aromatic carbocycles. The van der Waals surface area contributed by atoms with Gasteiger partial charge in [0.1, 0.15) is 12.4 Å². The van der Waals surface area contributed by atoms with Crippen molar-refractivity contribution in [3.05, 3.63) is 65.7 Å². The molecule has 2 aromatic rings. The van der Waals surface area contributed by atoms with Crippen LogP contribution in [0.15, 0.2) is 54.6 Å². The first-order chi connectivity index (χ1) is 10.0. The van der Waals surface area contributed by atoms with Gasteiger partial charge in [-0.05, 0) is 23.3 Å². The molecule has 21 heavy (non-hydrogen) atoms. The van der Waals surface area contributed by atoms with Gasteiger partial charge < -0.3 is 10.5 Å². The molecule has 0 saturated heterocycles. The van der Waals surface area contributed by atoms with Crippen molar-refractivity contribution in [3.63, 3.8) is 0 Å². The molecule has 0 heterocycles. The van der Waals surface area contributed by atoms with Crippen molar-refractivity contribution >= 4 is 34.8 Å². The molecular formula is C16H16Cl3NO. The second-order valence-corrected chi connectivity index (χ2v) is 7.04. The van der Waals surface area contributed by atoms with Crippen LogP contribution in [0.1, 0.15) is 17.0 Å². The predicted molar refractivity (Wildman–Crippen MR) is 89.3 cm³/mol. The summed E-state index contributed by atoms with van der Waals surface area (Å²) in [5.41, 5.74) is 7.67. The molecule has 0 spiro atoms. The van der Waals surface area contributed by atoms with Crippen LogP contribution in [0.4, 0.5) is 0 Å². The predicted octanol–water partition coefficient (Wildman–Crippen LogP) is 4.68. The molecule has 0 aliphatic rings. The van der Waals surface area contributed by atoms with E-state index in [0.29, 0.717) is 6.61 Å². The highest BCUT2D eigenvalue weighted by Crippen LogP contribution is 2.41. The van der Waals surface area contributed by atoms with Gasteiger partial charge in [0.15, 0.2) is 3.79 Å². The van der Waals surface area contributed by atoms with Gasteiger partial charge in [-0.25, -0.2) is 0 Å². The van der Waals surface area contributed by atoms with E-state index in [1.165, 1.54) is 0 Å². The molecule has 0 fully saturated rings. The number of benzene rings is 2. The Labute approximate surface area is 139 Å². The third kappa shape index (κ3) is 4.79. The van der Waals surface area contributed by atoms with E-state index in [1.54, 1.807) is 0 Å². The van der Waals surface area contributed by atoms with Crippen LogP contribution in [0.2, 0.25) is 0 Å². The summed E-state index contributed by atoms with van der Waals surface area (Å²) in [5, 5.41) is 0. The number of ether oxygens (including phenoxy) is 1. The SMILES string of the molecule is NCC(c1ccc(OCc2ccccc2)cc1)C(Cl)(Cl)Cl. The highest BCUT2D eigenvalue weighted by Gasteiger charge is 2.32. The summed E-state index contributed by atoms with van der Waals surface area (Å²) in [5.74, 6) is 0.424. The zero-order chi connectivity index (χ0) is 15.3.